The highest BCUT2D eigenvalue weighted by Gasteiger charge is 2.30. The quantitative estimate of drug-likeness (QED) is 0.924. The lowest BCUT2D eigenvalue weighted by molar-refractivity contribution is -0.0524. The molecule has 1 aliphatic carbocycles. The molecule has 6 heteroatoms. The zero-order valence-electron chi connectivity index (χ0n) is 13.1. The molecule has 6 nitrogen and oxygen atoms in total. The number of amides is 2. The number of morpholine rings is 1. The molecule has 2 aliphatic rings. The molecule has 2 heterocycles. The molecule has 1 aliphatic heterocycles. The normalized spacial score (nSPS) is 23.5. The van der Waals surface area contributed by atoms with E-state index in [1.165, 1.54) is 32.1 Å². The van der Waals surface area contributed by atoms with E-state index in [2.05, 4.69) is 10.3 Å². The van der Waals surface area contributed by atoms with E-state index in [4.69, 9.17) is 4.74 Å². The van der Waals surface area contributed by atoms with Gasteiger partial charge in [0, 0.05) is 38.6 Å². The molecule has 1 aromatic rings. The molecule has 2 fully saturated rings. The number of carbonyl (C=O) groups excluding carboxylic acids is 1. The maximum Gasteiger partial charge on any atom is 0.317 e. The van der Waals surface area contributed by atoms with Gasteiger partial charge in [-0.15, -0.1) is 0 Å². The van der Waals surface area contributed by atoms with Crippen LogP contribution in [0.5, 0.6) is 0 Å². The van der Waals surface area contributed by atoms with Crippen LogP contribution < -0.4 is 5.32 Å². The summed E-state index contributed by atoms with van der Waals surface area (Å²) in [5.74, 6) is 0.635. The van der Waals surface area contributed by atoms with Crippen LogP contribution in [0.2, 0.25) is 0 Å². The Morgan fingerprint density at radius 2 is 2.18 bits per heavy atom. The fraction of sp³-hybridized carbons (Fsp3) is 0.750. The molecule has 22 heavy (non-hydrogen) atoms. The van der Waals surface area contributed by atoms with Crippen molar-refractivity contribution in [3.05, 3.63) is 18.7 Å². The van der Waals surface area contributed by atoms with Crippen LogP contribution in [0.4, 0.5) is 4.79 Å². The third kappa shape index (κ3) is 4.00. The number of hydrogen-bond acceptors (Lipinski definition) is 3. The zero-order chi connectivity index (χ0) is 15.2. The Morgan fingerprint density at radius 3 is 2.95 bits per heavy atom. The second-order valence-electron chi connectivity index (χ2n) is 6.29. The molecule has 0 bridgehead atoms. The second kappa shape index (κ2) is 7.63. The molecule has 1 N–H and O–H groups in total. The van der Waals surface area contributed by atoms with Crippen molar-refractivity contribution in [2.75, 3.05) is 26.2 Å². The molecule has 0 aromatic carbocycles. The topological polar surface area (TPSA) is 59.4 Å². The highest BCUT2D eigenvalue weighted by atomic mass is 16.5. The van der Waals surface area contributed by atoms with Gasteiger partial charge in [0.25, 0.3) is 0 Å². The van der Waals surface area contributed by atoms with E-state index in [1.807, 2.05) is 15.7 Å². The summed E-state index contributed by atoms with van der Waals surface area (Å²) in [6.45, 7) is 3.47. The van der Waals surface area contributed by atoms with E-state index < -0.39 is 0 Å². The molecule has 122 valence electrons. The third-order valence-corrected chi connectivity index (χ3v) is 4.76. The Balaban J connectivity index is 1.43. The molecular formula is C16H26N4O2. The number of nitrogens with zero attached hydrogens (tertiary/aromatic N) is 3. The summed E-state index contributed by atoms with van der Waals surface area (Å²) in [6, 6.07) is 0.0317. The lowest BCUT2D eigenvalue weighted by Crippen LogP contribution is -2.52. The minimum atomic E-state index is 0.0317. The number of rotatable bonds is 4. The fourth-order valence-electron chi connectivity index (χ4n) is 3.47. The van der Waals surface area contributed by atoms with E-state index in [0.717, 1.165) is 13.1 Å². The number of carbonyl (C=O) groups is 1. The number of imidazole rings is 1. The van der Waals surface area contributed by atoms with E-state index in [9.17, 15) is 4.79 Å². The molecule has 1 aromatic heterocycles. The molecular weight excluding hydrogens is 280 g/mol. The maximum absolute atomic E-state index is 12.3. The van der Waals surface area contributed by atoms with Gasteiger partial charge in [-0.1, -0.05) is 19.3 Å². The van der Waals surface area contributed by atoms with Gasteiger partial charge in [-0.05, 0) is 18.8 Å². The van der Waals surface area contributed by atoms with Crippen molar-refractivity contribution < 1.29 is 9.53 Å². The van der Waals surface area contributed by atoms with Crippen LogP contribution >= 0.6 is 0 Å². The number of ether oxygens (including phenoxy) is 1. The summed E-state index contributed by atoms with van der Waals surface area (Å²) < 4.78 is 7.89. The van der Waals surface area contributed by atoms with E-state index in [1.54, 1.807) is 12.5 Å². The monoisotopic (exact) mass is 306 g/mol. The van der Waals surface area contributed by atoms with E-state index >= 15 is 0 Å². The predicted octanol–water partition coefficient (Wildman–Crippen LogP) is 1.87. The van der Waals surface area contributed by atoms with E-state index in [-0.39, 0.29) is 12.1 Å². The Hall–Kier alpha value is -1.56. The van der Waals surface area contributed by atoms with Gasteiger partial charge in [0.2, 0.25) is 0 Å². The largest absolute Gasteiger partial charge is 0.374 e. The molecule has 1 saturated heterocycles. The van der Waals surface area contributed by atoms with Crippen LogP contribution in [-0.2, 0) is 11.3 Å². The summed E-state index contributed by atoms with van der Waals surface area (Å²) in [5, 5.41) is 3.00. The highest BCUT2D eigenvalue weighted by Crippen LogP contribution is 2.29. The average molecular weight is 306 g/mol. The van der Waals surface area contributed by atoms with Gasteiger partial charge in [0.1, 0.15) is 0 Å². The SMILES string of the molecule is O=C(NCCn1ccnc1)N1CCOC(C2CCCCC2)C1. The number of hydrogen-bond donors (Lipinski definition) is 1. The van der Waals surface area contributed by atoms with Crippen LogP contribution in [0.15, 0.2) is 18.7 Å². The van der Waals surface area contributed by atoms with Crippen molar-refractivity contribution in [2.45, 2.75) is 44.8 Å². The van der Waals surface area contributed by atoms with Crippen LogP contribution in [0.1, 0.15) is 32.1 Å². The third-order valence-electron chi connectivity index (χ3n) is 4.76. The van der Waals surface area contributed by atoms with Crippen molar-refractivity contribution >= 4 is 6.03 Å². The summed E-state index contributed by atoms with van der Waals surface area (Å²) in [7, 11) is 0. The fourth-order valence-corrected chi connectivity index (χ4v) is 3.47. The Kier molecular flexibility index (Phi) is 5.32. The molecule has 0 spiro atoms. The lowest BCUT2D eigenvalue weighted by Gasteiger charge is -2.38. The highest BCUT2D eigenvalue weighted by molar-refractivity contribution is 5.74. The lowest BCUT2D eigenvalue weighted by atomic mass is 9.84. The van der Waals surface area contributed by atoms with Crippen LogP contribution in [0, 0.1) is 5.92 Å². The maximum atomic E-state index is 12.3. The smallest absolute Gasteiger partial charge is 0.317 e. The predicted molar refractivity (Wildman–Crippen MR) is 83.5 cm³/mol. The number of urea groups is 1. The summed E-state index contributed by atoms with van der Waals surface area (Å²) in [4.78, 5) is 18.2. The van der Waals surface area contributed by atoms with Crippen LogP contribution in [-0.4, -0.2) is 52.8 Å². The molecule has 1 unspecified atom stereocenters. The minimum Gasteiger partial charge on any atom is -0.374 e. The standard InChI is InChI=1S/C16H26N4O2/c21-16(18-7-9-19-8-6-17-13-19)20-10-11-22-15(12-20)14-4-2-1-3-5-14/h6,8,13-15H,1-5,7,9-12H2,(H,18,21). The zero-order valence-corrected chi connectivity index (χ0v) is 13.1. The van der Waals surface area contributed by atoms with Gasteiger partial charge in [-0.2, -0.15) is 0 Å². The van der Waals surface area contributed by atoms with Gasteiger partial charge in [0.05, 0.1) is 19.0 Å². The molecule has 1 saturated carbocycles. The van der Waals surface area contributed by atoms with Crippen molar-refractivity contribution in [1.29, 1.82) is 0 Å². The Morgan fingerprint density at radius 1 is 1.32 bits per heavy atom. The van der Waals surface area contributed by atoms with Crippen LogP contribution in [0.25, 0.3) is 0 Å². The molecule has 0 radical (unpaired) electrons. The van der Waals surface area contributed by atoms with Gasteiger partial charge in [0.15, 0.2) is 0 Å². The van der Waals surface area contributed by atoms with Crippen molar-refractivity contribution in [2.24, 2.45) is 5.92 Å². The first kappa shape index (κ1) is 15.3. The molecule has 2 amide bonds. The number of nitrogens with one attached hydrogen (secondary N) is 1. The van der Waals surface area contributed by atoms with Gasteiger partial charge in [-0.3, -0.25) is 0 Å². The second-order valence-corrected chi connectivity index (χ2v) is 6.29. The van der Waals surface area contributed by atoms with Crippen molar-refractivity contribution in [1.82, 2.24) is 19.8 Å². The first-order chi connectivity index (χ1) is 10.8. The first-order valence-corrected chi connectivity index (χ1v) is 8.43. The van der Waals surface area contributed by atoms with E-state index in [0.29, 0.717) is 25.6 Å². The van der Waals surface area contributed by atoms with Gasteiger partial charge >= 0.3 is 6.03 Å². The Bertz CT molecular complexity index is 457. The van der Waals surface area contributed by atoms with Gasteiger partial charge in [-0.25, -0.2) is 9.78 Å². The minimum absolute atomic E-state index is 0.0317. The number of aromatic nitrogens is 2. The van der Waals surface area contributed by atoms with Gasteiger partial charge < -0.3 is 19.5 Å². The summed E-state index contributed by atoms with van der Waals surface area (Å²) in [5.41, 5.74) is 0. The molecule has 1 atom stereocenters. The summed E-state index contributed by atoms with van der Waals surface area (Å²) >= 11 is 0. The first-order valence-electron chi connectivity index (χ1n) is 8.43. The van der Waals surface area contributed by atoms with Crippen LogP contribution in [0.3, 0.4) is 0 Å². The molecule has 3 rings (SSSR count). The summed E-state index contributed by atoms with van der Waals surface area (Å²) in [6.07, 6.45) is 12.1. The average Bonchev–Trinajstić information content (AvgIpc) is 3.09. The van der Waals surface area contributed by atoms with Crippen molar-refractivity contribution in [3.8, 4) is 0 Å². The Labute approximate surface area is 131 Å². The van der Waals surface area contributed by atoms with Crippen molar-refractivity contribution in [3.63, 3.8) is 0 Å².